The smallest absolute Gasteiger partial charge is 0.325 e. The highest BCUT2D eigenvalue weighted by molar-refractivity contribution is 6.09. The van der Waals surface area contributed by atoms with E-state index < -0.39 is 41.9 Å². The maximum absolute atomic E-state index is 13.2. The molecule has 1 aliphatic heterocycles. The zero-order valence-corrected chi connectivity index (χ0v) is 18.3. The third kappa shape index (κ3) is 6.46. The molecule has 0 bridgehead atoms. The lowest BCUT2D eigenvalue weighted by Gasteiger charge is -2.24. The Hall–Kier alpha value is -2.56. The first-order valence-electron chi connectivity index (χ1n) is 10.1. The monoisotopic (exact) mass is 439 g/mol. The first-order chi connectivity index (χ1) is 14.5. The van der Waals surface area contributed by atoms with Gasteiger partial charge < -0.3 is 24.8 Å². The molecule has 172 valence electrons. The van der Waals surface area contributed by atoms with Crippen molar-refractivity contribution in [1.82, 2.24) is 15.1 Å². The fraction of sp³-hybridized carbons (Fsp3) is 0.571. The van der Waals surface area contributed by atoms with E-state index in [1.54, 1.807) is 0 Å². The molecule has 2 unspecified atom stereocenters. The molecule has 1 saturated heterocycles. The fourth-order valence-corrected chi connectivity index (χ4v) is 3.11. The summed E-state index contributed by atoms with van der Waals surface area (Å²) in [6.45, 7) is 5.54. The summed E-state index contributed by atoms with van der Waals surface area (Å²) in [7, 11) is 1.46. The summed E-state index contributed by atoms with van der Waals surface area (Å²) < 4.78 is 23.8. The number of urea groups is 1. The van der Waals surface area contributed by atoms with Crippen molar-refractivity contribution in [3.05, 3.63) is 35.6 Å². The van der Waals surface area contributed by atoms with Crippen molar-refractivity contribution in [2.45, 2.75) is 38.5 Å². The van der Waals surface area contributed by atoms with Gasteiger partial charge in [-0.25, -0.2) is 9.18 Å². The van der Waals surface area contributed by atoms with Gasteiger partial charge >= 0.3 is 6.03 Å². The van der Waals surface area contributed by atoms with E-state index in [-0.39, 0.29) is 19.3 Å². The van der Waals surface area contributed by atoms with Gasteiger partial charge in [-0.15, -0.1) is 0 Å². The van der Waals surface area contributed by atoms with Crippen LogP contribution in [0.15, 0.2) is 24.3 Å². The third-order valence-electron chi connectivity index (χ3n) is 4.89. The molecular weight excluding hydrogens is 409 g/mol. The Kier molecular flexibility index (Phi) is 8.49. The Bertz CT molecular complexity index is 788. The Morgan fingerprint density at radius 1 is 1.26 bits per heavy atom. The predicted octanol–water partition coefficient (Wildman–Crippen LogP) is 0.854. The Labute approximate surface area is 181 Å². The Morgan fingerprint density at radius 2 is 1.90 bits per heavy atom. The predicted molar refractivity (Wildman–Crippen MR) is 110 cm³/mol. The number of amides is 4. The van der Waals surface area contributed by atoms with Crippen LogP contribution in [-0.4, -0.2) is 84.9 Å². The van der Waals surface area contributed by atoms with Gasteiger partial charge in [0, 0.05) is 13.6 Å². The van der Waals surface area contributed by atoms with E-state index >= 15 is 0 Å². The van der Waals surface area contributed by atoms with E-state index in [2.05, 4.69) is 5.32 Å². The summed E-state index contributed by atoms with van der Waals surface area (Å²) in [5.74, 6) is -1.60. The molecule has 0 spiro atoms. The molecule has 2 N–H and O–H groups in total. The average Bonchev–Trinajstić information content (AvgIpc) is 2.91. The van der Waals surface area contributed by atoms with Gasteiger partial charge in [-0.05, 0) is 38.5 Å². The number of nitrogens with zero attached hydrogens (tertiary/aromatic N) is 2. The number of hydrogen-bond donors (Lipinski definition) is 2. The van der Waals surface area contributed by atoms with Crippen molar-refractivity contribution in [3.63, 3.8) is 0 Å². The molecule has 31 heavy (non-hydrogen) atoms. The molecule has 1 fully saturated rings. The third-order valence-corrected chi connectivity index (χ3v) is 4.89. The van der Waals surface area contributed by atoms with Crippen LogP contribution in [0.2, 0.25) is 0 Å². The summed E-state index contributed by atoms with van der Waals surface area (Å²) in [6, 6.07) is 4.49. The normalized spacial score (nSPS) is 19.6. The van der Waals surface area contributed by atoms with Crippen LogP contribution in [0.1, 0.15) is 26.3 Å². The van der Waals surface area contributed by atoms with Gasteiger partial charge in [0.2, 0.25) is 5.91 Å². The summed E-state index contributed by atoms with van der Waals surface area (Å²) in [5, 5.41) is 12.6. The second-order valence-corrected chi connectivity index (χ2v) is 7.88. The summed E-state index contributed by atoms with van der Waals surface area (Å²) >= 11 is 0. The van der Waals surface area contributed by atoms with Crippen LogP contribution in [0.4, 0.5) is 9.18 Å². The highest BCUT2D eigenvalue weighted by Crippen LogP contribution is 2.28. The van der Waals surface area contributed by atoms with E-state index in [0.717, 1.165) is 4.90 Å². The van der Waals surface area contributed by atoms with E-state index in [4.69, 9.17) is 9.47 Å². The van der Waals surface area contributed by atoms with Crippen molar-refractivity contribution in [2.24, 2.45) is 0 Å². The van der Waals surface area contributed by atoms with Crippen LogP contribution < -0.4 is 5.32 Å². The van der Waals surface area contributed by atoms with Crippen molar-refractivity contribution < 1.29 is 33.4 Å². The minimum Gasteiger partial charge on any atom is -0.389 e. The highest BCUT2D eigenvalue weighted by Gasteiger charge is 2.49. The molecule has 2 rings (SSSR count). The van der Waals surface area contributed by atoms with Crippen molar-refractivity contribution in [1.29, 1.82) is 0 Å². The number of ether oxygens (including phenoxy) is 2. The standard InChI is InChI=1S/C21H30FN3O6/c1-14(2)31-10-9-30-13-17(26)11-24(4)18(27)12-25-19(28)21(3,23-20(25)29)15-5-7-16(22)8-6-15/h5-8,14,17,26H,9-13H2,1-4H3,(H,23,29). The maximum atomic E-state index is 13.2. The minimum atomic E-state index is -1.39. The van der Waals surface area contributed by atoms with Gasteiger partial charge in [0.25, 0.3) is 5.91 Å². The first kappa shape index (κ1) is 24.7. The quantitative estimate of drug-likeness (QED) is 0.391. The van der Waals surface area contributed by atoms with Gasteiger partial charge in [-0.1, -0.05) is 12.1 Å². The first-order valence-corrected chi connectivity index (χ1v) is 10.1. The number of benzene rings is 1. The van der Waals surface area contributed by atoms with Crippen LogP contribution in [0.25, 0.3) is 0 Å². The molecule has 1 heterocycles. The minimum absolute atomic E-state index is 0.0187. The van der Waals surface area contributed by atoms with E-state index in [1.807, 2.05) is 13.8 Å². The number of likely N-dealkylation sites (N-methyl/N-ethyl adjacent to an activating group) is 1. The fourth-order valence-electron chi connectivity index (χ4n) is 3.11. The van der Waals surface area contributed by atoms with Crippen LogP contribution in [0.5, 0.6) is 0 Å². The van der Waals surface area contributed by atoms with E-state index in [1.165, 1.54) is 43.1 Å². The van der Waals surface area contributed by atoms with Gasteiger partial charge in [-0.2, -0.15) is 0 Å². The number of rotatable bonds is 11. The lowest BCUT2D eigenvalue weighted by atomic mass is 9.92. The molecule has 1 aliphatic rings. The topological polar surface area (TPSA) is 108 Å². The van der Waals surface area contributed by atoms with Crippen LogP contribution in [0.3, 0.4) is 0 Å². The number of imide groups is 1. The Morgan fingerprint density at radius 3 is 2.52 bits per heavy atom. The number of halogens is 1. The van der Waals surface area contributed by atoms with Gasteiger partial charge in [0.15, 0.2) is 0 Å². The molecule has 0 aromatic heterocycles. The van der Waals surface area contributed by atoms with Crippen LogP contribution in [-0.2, 0) is 24.6 Å². The summed E-state index contributed by atoms with van der Waals surface area (Å²) in [5.41, 5.74) is -0.987. The molecule has 0 radical (unpaired) electrons. The molecule has 0 saturated carbocycles. The SMILES string of the molecule is CC(C)OCCOCC(O)CN(C)C(=O)CN1C(=O)NC(C)(c2ccc(F)cc2)C1=O. The zero-order valence-electron chi connectivity index (χ0n) is 18.3. The molecule has 1 aromatic carbocycles. The molecular formula is C21H30FN3O6. The molecule has 10 heteroatoms. The second-order valence-electron chi connectivity index (χ2n) is 7.88. The highest BCUT2D eigenvalue weighted by atomic mass is 19.1. The van der Waals surface area contributed by atoms with Gasteiger partial charge in [-0.3, -0.25) is 14.5 Å². The number of aliphatic hydroxyl groups is 1. The molecule has 0 aliphatic carbocycles. The number of carbonyl (C=O) groups excluding carboxylic acids is 3. The Balaban J connectivity index is 1.87. The van der Waals surface area contributed by atoms with Gasteiger partial charge in [0.05, 0.1) is 32.0 Å². The van der Waals surface area contributed by atoms with Crippen LogP contribution >= 0.6 is 0 Å². The van der Waals surface area contributed by atoms with Crippen molar-refractivity contribution in [2.75, 3.05) is 40.0 Å². The number of carbonyl (C=O) groups is 3. The lowest BCUT2D eigenvalue weighted by Crippen LogP contribution is -2.45. The summed E-state index contributed by atoms with van der Waals surface area (Å²) in [4.78, 5) is 39.7. The van der Waals surface area contributed by atoms with Crippen LogP contribution in [0, 0.1) is 5.82 Å². The van der Waals surface area contributed by atoms with E-state index in [9.17, 15) is 23.9 Å². The molecule has 9 nitrogen and oxygen atoms in total. The average molecular weight is 439 g/mol. The maximum Gasteiger partial charge on any atom is 0.325 e. The van der Waals surface area contributed by atoms with Crippen molar-refractivity contribution >= 4 is 17.8 Å². The number of aliphatic hydroxyl groups excluding tert-OH is 1. The number of nitrogens with one attached hydrogen (secondary N) is 1. The lowest BCUT2D eigenvalue weighted by molar-refractivity contribution is -0.139. The molecule has 4 amide bonds. The second kappa shape index (κ2) is 10.7. The number of hydrogen-bond acceptors (Lipinski definition) is 6. The van der Waals surface area contributed by atoms with E-state index in [0.29, 0.717) is 18.8 Å². The molecule has 1 aromatic rings. The van der Waals surface area contributed by atoms with Crippen molar-refractivity contribution in [3.8, 4) is 0 Å². The largest absolute Gasteiger partial charge is 0.389 e. The molecule has 2 atom stereocenters. The summed E-state index contributed by atoms with van der Waals surface area (Å²) in [6.07, 6.45) is -0.840. The van der Waals surface area contributed by atoms with Gasteiger partial charge in [0.1, 0.15) is 17.9 Å². The zero-order chi connectivity index (χ0) is 23.2.